The number of aromatic nitrogens is 1. The number of hydrogen-bond donors (Lipinski definition) is 0. The average Bonchev–Trinajstić information content (AvgIpc) is 3.77. The molecule has 0 spiro atoms. The van der Waals surface area contributed by atoms with Crippen LogP contribution in [0.4, 0.5) is 17.1 Å². The highest BCUT2D eigenvalue weighted by Crippen LogP contribution is 2.50. The van der Waals surface area contributed by atoms with Crippen LogP contribution < -0.4 is 21.3 Å². The third kappa shape index (κ3) is 6.59. The number of fused-ring (bicyclic) bond motifs is 7. The van der Waals surface area contributed by atoms with Crippen molar-refractivity contribution < 1.29 is 0 Å². The van der Waals surface area contributed by atoms with E-state index in [1.54, 1.807) is 0 Å². The molecule has 14 rings (SSSR count). The second-order valence-electron chi connectivity index (χ2n) is 18.4. The fraction of sp³-hybridized carbons (Fsp3) is 0. The van der Waals surface area contributed by atoms with Crippen LogP contribution in [-0.2, 0) is 0 Å². The molecule has 0 unspecified atom stereocenters. The van der Waals surface area contributed by atoms with Gasteiger partial charge in [0.25, 0.3) is 0 Å². The van der Waals surface area contributed by atoms with Crippen molar-refractivity contribution in [1.82, 2.24) is 4.57 Å². The SMILES string of the molecule is c1ccc(-c2ccc3c(c2)B2c4cc(-c5ccccc5)ccc4N(c4c(-c5ccccc5)cccc4-c4ccccc4)c4cc(-n5c6ccccc6c6cc(-c7ccccc7)ccc65)cc(c42)S3)cc1. The molecule has 0 fully saturated rings. The summed E-state index contributed by atoms with van der Waals surface area (Å²) in [4.78, 5) is 5.18. The van der Waals surface area contributed by atoms with Gasteiger partial charge in [-0.15, -0.1) is 0 Å². The maximum atomic E-state index is 2.63. The van der Waals surface area contributed by atoms with Gasteiger partial charge in [0.1, 0.15) is 0 Å². The molecule has 4 heteroatoms. The summed E-state index contributed by atoms with van der Waals surface area (Å²) in [5.41, 5.74) is 23.0. The first-order valence-corrected chi connectivity index (χ1v) is 24.9. The quantitative estimate of drug-likeness (QED) is 0.147. The van der Waals surface area contributed by atoms with Crippen LogP contribution in [-0.4, -0.2) is 11.3 Å². The standard InChI is InChI=1S/C66H43BN2S/c1-6-19-44(20-7-1)49-33-36-60-56(39-49)55-29-16-17-32-59(55)68(60)52-42-62-65-64(43-52)70-63-38-35-51(46-23-10-3-11-24-46)41-58(63)67(65)57-40-50(45-21-8-2-9-22-45)34-37-61(57)69(62)66-53(47-25-12-4-13-26-47)30-18-31-54(66)48-27-14-5-15-28-48/h1-43H. The normalized spacial score (nSPS) is 12.5. The summed E-state index contributed by atoms with van der Waals surface area (Å²) in [6.07, 6.45) is 0. The lowest BCUT2D eigenvalue weighted by Gasteiger charge is -2.42. The van der Waals surface area contributed by atoms with Crippen LogP contribution >= 0.6 is 11.8 Å². The van der Waals surface area contributed by atoms with Gasteiger partial charge in [-0.25, -0.2) is 0 Å². The van der Waals surface area contributed by atoms with E-state index in [0.29, 0.717) is 0 Å². The molecule has 12 aromatic rings. The Labute approximate surface area is 412 Å². The number of para-hydroxylation sites is 2. The molecule has 326 valence electrons. The molecule has 0 atom stereocenters. The fourth-order valence-electron chi connectivity index (χ4n) is 11.3. The predicted octanol–water partition coefficient (Wildman–Crippen LogP) is 15.9. The Hall–Kier alpha value is -8.57. The van der Waals surface area contributed by atoms with Gasteiger partial charge in [-0.3, -0.25) is 0 Å². The van der Waals surface area contributed by atoms with E-state index in [2.05, 4.69) is 270 Å². The molecule has 0 saturated carbocycles. The summed E-state index contributed by atoms with van der Waals surface area (Å²) in [7, 11) is 0. The Bertz CT molecular complexity index is 3910. The van der Waals surface area contributed by atoms with Crippen molar-refractivity contribution in [3.05, 3.63) is 261 Å². The Morgan fingerprint density at radius 3 is 1.43 bits per heavy atom. The van der Waals surface area contributed by atoms with Gasteiger partial charge in [-0.2, -0.15) is 0 Å². The smallest absolute Gasteiger partial charge is 0.249 e. The highest BCUT2D eigenvalue weighted by molar-refractivity contribution is 8.00. The first kappa shape index (κ1) is 40.5. The van der Waals surface area contributed by atoms with Crippen molar-refractivity contribution in [2.75, 3.05) is 4.90 Å². The summed E-state index contributed by atoms with van der Waals surface area (Å²) in [6.45, 7) is -0.0375. The van der Waals surface area contributed by atoms with Gasteiger partial charge < -0.3 is 9.47 Å². The molecule has 11 aromatic carbocycles. The number of anilines is 3. The zero-order chi connectivity index (χ0) is 46.1. The third-order valence-electron chi connectivity index (χ3n) is 14.4. The summed E-state index contributed by atoms with van der Waals surface area (Å²) in [5, 5.41) is 2.48. The monoisotopic (exact) mass is 906 g/mol. The maximum absolute atomic E-state index is 2.63. The van der Waals surface area contributed by atoms with Crippen molar-refractivity contribution >= 4 is 73.7 Å². The van der Waals surface area contributed by atoms with Gasteiger partial charge in [-0.05, 0) is 97.9 Å². The Morgan fingerprint density at radius 2 is 0.814 bits per heavy atom. The van der Waals surface area contributed by atoms with E-state index >= 15 is 0 Å². The Kier molecular flexibility index (Phi) is 9.60. The molecule has 0 amide bonds. The van der Waals surface area contributed by atoms with Gasteiger partial charge in [-0.1, -0.05) is 236 Å². The molecule has 0 bridgehead atoms. The van der Waals surface area contributed by atoms with Crippen LogP contribution in [0.1, 0.15) is 0 Å². The molecular weight excluding hydrogens is 864 g/mol. The highest BCUT2D eigenvalue weighted by atomic mass is 32.2. The largest absolute Gasteiger partial charge is 0.310 e. The molecule has 2 aliphatic rings. The zero-order valence-electron chi connectivity index (χ0n) is 38.2. The minimum absolute atomic E-state index is 0.0375. The molecule has 0 aliphatic carbocycles. The van der Waals surface area contributed by atoms with E-state index in [4.69, 9.17) is 0 Å². The van der Waals surface area contributed by atoms with E-state index in [1.165, 1.54) is 115 Å². The molecular formula is C66H43BN2S. The first-order chi connectivity index (χ1) is 34.7. The van der Waals surface area contributed by atoms with Gasteiger partial charge >= 0.3 is 0 Å². The lowest BCUT2D eigenvalue weighted by Crippen LogP contribution is -2.60. The number of benzene rings is 11. The van der Waals surface area contributed by atoms with Gasteiger partial charge in [0.2, 0.25) is 6.71 Å². The van der Waals surface area contributed by atoms with Crippen molar-refractivity contribution in [3.8, 4) is 61.3 Å². The van der Waals surface area contributed by atoms with E-state index in [9.17, 15) is 0 Å². The minimum atomic E-state index is -0.0375. The van der Waals surface area contributed by atoms with Gasteiger partial charge in [0, 0.05) is 48.8 Å². The average molecular weight is 907 g/mol. The van der Waals surface area contributed by atoms with Crippen LogP contribution in [0.5, 0.6) is 0 Å². The van der Waals surface area contributed by atoms with E-state index < -0.39 is 0 Å². The minimum Gasteiger partial charge on any atom is -0.310 e. The number of hydrogen-bond acceptors (Lipinski definition) is 2. The van der Waals surface area contributed by atoms with Gasteiger partial charge in [0.05, 0.1) is 16.7 Å². The van der Waals surface area contributed by atoms with Crippen LogP contribution in [0.3, 0.4) is 0 Å². The number of rotatable bonds is 7. The van der Waals surface area contributed by atoms with Crippen LogP contribution in [0.15, 0.2) is 271 Å². The molecule has 0 saturated heterocycles. The third-order valence-corrected chi connectivity index (χ3v) is 15.6. The second kappa shape index (κ2) is 16.6. The summed E-state index contributed by atoms with van der Waals surface area (Å²) in [6, 6.07) is 96.5. The molecule has 3 heterocycles. The summed E-state index contributed by atoms with van der Waals surface area (Å²) >= 11 is 1.91. The van der Waals surface area contributed by atoms with Crippen LogP contribution in [0.2, 0.25) is 0 Å². The second-order valence-corrected chi connectivity index (χ2v) is 19.5. The van der Waals surface area contributed by atoms with Crippen molar-refractivity contribution in [3.63, 3.8) is 0 Å². The predicted molar refractivity (Wildman–Crippen MR) is 298 cm³/mol. The topological polar surface area (TPSA) is 8.17 Å². The highest BCUT2D eigenvalue weighted by Gasteiger charge is 2.43. The van der Waals surface area contributed by atoms with E-state index in [0.717, 1.165) is 11.4 Å². The molecule has 0 N–H and O–H groups in total. The summed E-state index contributed by atoms with van der Waals surface area (Å²) < 4.78 is 2.51. The van der Waals surface area contributed by atoms with E-state index in [1.807, 2.05) is 11.8 Å². The zero-order valence-corrected chi connectivity index (χ0v) is 39.0. The van der Waals surface area contributed by atoms with Crippen molar-refractivity contribution in [1.29, 1.82) is 0 Å². The number of nitrogens with zero attached hydrogens (tertiary/aromatic N) is 2. The Balaban J connectivity index is 1.10. The Morgan fingerprint density at radius 1 is 0.314 bits per heavy atom. The van der Waals surface area contributed by atoms with E-state index in [-0.39, 0.29) is 6.71 Å². The lowest BCUT2D eigenvalue weighted by atomic mass is 9.34. The molecule has 0 radical (unpaired) electrons. The molecule has 2 aliphatic heterocycles. The van der Waals surface area contributed by atoms with Crippen LogP contribution in [0, 0.1) is 0 Å². The maximum Gasteiger partial charge on any atom is 0.249 e. The molecule has 1 aromatic heterocycles. The van der Waals surface area contributed by atoms with Crippen LogP contribution in [0.25, 0.3) is 83.1 Å². The summed E-state index contributed by atoms with van der Waals surface area (Å²) in [5.74, 6) is 0. The molecule has 2 nitrogen and oxygen atoms in total. The van der Waals surface area contributed by atoms with Gasteiger partial charge in [0.15, 0.2) is 0 Å². The fourth-order valence-corrected chi connectivity index (χ4v) is 12.5. The first-order valence-electron chi connectivity index (χ1n) is 24.1. The van der Waals surface area contributed by atoms with Crippen molar-refractivity contribution in [2.24, 2.45) is 0 Å². The van der Waals surface area contributed by atoms with Crippen molar-refractivity contribution in [2.45, 2.75) is 9.79 Å². The lowest BCUT2D eigenvalue weighted by molar-refractivity contribution is 1.15. The molecule has 70 heavy (non-hydrogen) atoms.